The molecular weight excluding hydrogens is 232 g/mol. The molecule has 0 spiro atoms. The van der Waals surface area contributed by atoms with Crippen LogP contribution in [0.3, 0.4) is 0 Å². The molecule has 0 aliphatic heterocycles. The molecule has 0 unspecified atom stereocenters. The summed E-state index contributed by atoms with van der Waals surface area (Å²) in [5, 5.41) is 13.9. The van der Waals surface area contributed by atoms with Crippen LogP contribution in [0, 0.1) is 24.0 Å². The zero-order valence-electron chi connectivity index (χ0n) is 10.5. The summed E-state index contributed by atoms with van der Waals surface area (Å²) >= 11 is 0. The number of nitrogens with one attached hydrogen (secondary N) is 1. The zero-order chi connectivity index (χ0) is 13.3. The van der Waals surface area contributed by atoms with Gasteiger partial charge >= 0.3 is 5.82 Å². The highest BCUT2D eigenvalue weighted by molar-refractivity contribution is 5.64. The Morgan fingerprint density at radius 1 is 1.28 bits per heavy atom. The fraction of sp³-hybridized carbons (Fsp3) is 0.250. The summed E-state index contributed by atoms with van der Waals surface area (Å²) < 4.78 is 1.59. The standard InChI is InChI=1S/C12H14N4O2/c1-8-4-9(2)6-10(5-8)14-12-11(16(17)18)13-7-15(12)3/h4-7,14H,1-3H3. The van der Waals surface area contributed by atoms with Gasteiger partial charge in [0.1, 0.15) is 0 Å². The smallest absolute Gasteiger partial charge is 0.358 e. The van der Waals surface area contributed by atoms with Crippen molar-refractivity contribution in [1.29, 1.82) is 0 Å². The largest absolute Gasteiger partial charge is 0.406 e. The lowest BCUT2D eigenvalue weighted by atomic mass is 10.1. The number of rotatable bonds is 3. The van der Waals surface area contributed by atoms with Crippen LogP contribution in [-0.2, 0) is 7.05 Å². The average molecular weight is 246 g/mol. The molecule has 0 saturated carbocycles. The van der Waals surface area contributed by atoms with Gasteiger partial charge in [0, 0.05) is 12.7 Å². The van der Waals surface area contributed by atoms with Crippen LogP contribution in [0.5, 0.6) is 0 Å². The summed E-state index contributed by atoms with van der Waals surface area (Å²) in [4.78, 5) is 14.1. The number of aryl methyl sites for hydroxylation is 3. The van der Waals surface area contributed by atoms with E-state index in [9.17, 15) is 10.1 Å². The highest BCUT2D eigenvalue weighted by Gasteiger charge is 2.20. The van der Waals surface area contributed by atoms with Gasteiger partial charge in [0.25, 0.3) is 0 Å². The Morgan fingerprint density at radius 2 is 1.89 bits per heavy atom. The Hall–Kier alpha value is -2.37. The molecule has 18 heavy (non-hydrogen) atoms. The molecule has 0 radical (unpaired) electrons. The van der Waals surface area contributed by atoms with Gasteiger partial charge in [-0.25, -0.2) is 0 Å². The minimum Gasteiger partial charge on any atom is -0.358 e. The molecule has 0 bridgehead atoms. The second-order valence-electron chi connectivity index (χ2n) is 4.29. The number of aromatic nitrogens is 2. The first-order valence-corrected chi connectivity index (χ1v) is 5.48. The number of nitro groups is 1. The van der Waals surface area contributed by atoms with Crippen LogP contribution in [0.4, 0.5) is 17.3 Å². The monoisotopic (exact) mass is 246 g/mol. The predicted octanol–water partition coefficient (Wildman–Crippen LogP) is 2.69. The molecule has 0 atom stereocenters. The van der Waals surface area contributed by atoms with Crippen molar-refractivity contribution in [3.05, 3.63) is 45.8 Å². The minimum absolute atomic E-state index is 0.170. The normalized spacial score (nSPS) is 10.4. The molecule has 6 heteroatoms. The number of anilines is 2. The van der Waals surface area contributed by atoms with Gasteiger partial charge < -0.3 is 15.4 Å². The summed E-state index contributed by atoms with van der Waals surface area (Å²) in [5.74, 6) is 0.210. The SMILES string of the molecule is Cc1cc(C)cc(Nc2c([N+](=O)[O-])ncn2C)c1. The number of hydrogen-bond donors (Lipinski definition) is 1. The molecule has 1 aromatic heterocycles. The van der Waals surface area contributed by atoms with E-state index in [1.165, 1.54) is 6.33 Å². The fourth-order valence-corrected chi connectivity index (χ4v) is 1.88. The Morgan fingerprint density at radius 3 is 2.44 bits per heavy atom. The van der Waals surface area contributed by atoms with E-state index in [1.807, 2.05) is 32.0 Å². The molecule has 1 heterocycles. The lowest BCUT2D eigenvalue weighted by molar-refractivity contribution is -0.388. The van der Waals surface area contributed by atoms with Crippen molar-refractivity contribution in [1.82, 2.24) is 9.55 Å². The van der Waals surface area contributed by atoms with E-state index in [-0.39, 0.29) is 5.82 Å². The summed E-state index contributed by atoms with van der Waals surface area (Å²) in [6.45, 7) is 3.96. The predicted molar refractivity (Wildman–Crippen MR) is 69.1 cm³/mol. The Kier molecular flexibility index (Phi) is 3.01. The summed E-state index contributed by atoms with van der Waals surface area (Å²) in [7, 11) is 1.71. The first-order valence-electron chi connectivity index (χ1n) is 5.48. The lowest BCUT2D eigenvalue weighted by Crippen LogP contribution is -2.01. The molecular formula is C12H14N4O2. The Bertz CT molecular complexity index is 584. The van der Waals surface area contributed by atoms with Crippen LogP contribution in [0.1, 0.15) is 11.1 Å². The van der Waals surface area contributed by atoms with Crippen LogP contribution >= 0.6 is 0 Å². The highest BCUT2D eigenvalue weighted by Crippen LogP contribution is 2.26. The van der Waals surface area contributed by atoms with Crippen LogP contribution in [-0.4, -0.2) is 14.5 Å². The highest BCUT2D eigenvalue weighted by atomic mass is 16.6. The first-order chi connectivity index (χ1) is 8.47. The van der Waals surface area contributed by atoms with E-state index in [0.717, 1.165) is 16.8 Å². The van der Waals surface area contributed by atoms with Gasteiger partial charge in [-0.15, -0.1) is 0 Å². The van der Waals surface area contributed by atoms with Gasteiger partial charge in [-0.2, -0.15) is 0 Å². The van der Waals surface area contributed by atoms with E-state index in [1.54, 1.807) is 11.6 Å². The molecule has 94 valence electrons. The molecule has 0 amide bonds. The van der Waals surface area contributed by atoms with Gasteiger partial charge in [-0.1, -0.05) is 6.07 Å². The van der Waals surface area contributed by atoms with E-state index in [2.05, 4.69) is 10.3 Å². The maximum Gasteiger partial charge on any atom is 0.406 e. The van der Waals surface area contributed by atoms with Gasteiger partial charge in [0.15, 0.2) is 0 Å². The maximum atomic E-state index is 10.8. The van der Waals surface area contributed by atoms with Crippen molar-refractivity contribution < 1.29 is 4.92 Å². The van der Waals surface area contributed by atoms with Crippen molar-refractivity contribution in [3.63, 3.8) is 0 Å². The molecule has 1 aromatic carbocycles. The molecule has 1 N–H and O–H groups in total. The molecule has 2 aromatic rings. The summed E-state index contributed by atoms with van der Waals surface area (Å²) in [6.07, 6.45) is 1.42. The first kappa shape index (κ1) is 12.1. The van der Waals surface area contributed by atoms with E-state index in [4.69, 9.17) is 0 Å². The zero-order valence-corrected chi connectivity index (χ0v) is 10.5. The van der Waals surface area contributed by atoms with E-state index >= 15 is 0 Å². The summed E-state index contributed by atoms with van der Waals surface area (Å²) in [5.41, 5.74) is 3.02. The molecule has 0 saturated heterocycles. The molecule has 0 aliphatic rings. The van der Waals surface area contributed by atoms with Crippen molar-refractivity contribution >= 4 is 17.3 Å². The number of nitrogens with zero attached hydrogens (tertiary/aromatic N) is 3. The average Bonchev–Trinajstić information content (AvgIpc) is 2.59. The fourth-order valence-electron chi connectivity index (χ4n) is 1.88. The molecule has 0 fully saturated rings. The Labute approximate surface area is 104 Å². The summed E-state index contributed by atoms with van der Waals surface area (Å²) in [6, 6.07) is 5.91. The van der Waals surface area contributed by atoms with E-state index in [0.29, 0.717) is 5.82 Å². The van der Waals surface area contributed by atoms with Gasteiger partial charge in [0.2, 0.25) is 12.1 Å². The second kappa shape index (κ2) is 4.48. The minimum atomic E-state index is -0.495. The third-order valence-corrected chi connectivity index (χ3v) is 2.58. The lowest BCUT2D eigenvalue weighted by Gasteiger charge is -2.08. The number of hydrogen-bond acceptors (Lipinski definition) is 4. The van der Waals surface area contributed by atoms with Crippen LogP contribution in [0.15, 0.2) is 24.5 Å². The van der Waals surface area contributed by atoms with Crippen LogP contribution in [0.25, 0.3) is 0 Å². The molecule has 0 aliphatic carbocycles. The van der Waals surface area contributed by atoms with Crippen LogP contribution < -0.4 is 5.32 Å². The topological polar surface area (TPSA) is 73.0 Å². The maximum absolute atomic E-state index is 10.8. The number of benzene rings is 1. The number of imidazole rings is 1. The van der Waals surface area contributed by atoms with Gasteiger partial charge in [-0.05, 0) is 47.0 Å². The van der Waals surface area contributed by atoms with Crippen molar-refractivity contribution in [2.45, 2.75) is 13.8 Å². The molecule has 6 nitrogen and oxygen atoms in total. The quantitative estimate of drug-likeness (QED) is 0.667. The Balaban J connectivity index is 2.39. The van der Waals surface area contributed by atoms with E-state index < -0.39 is 4.92 Å². The van der Waals surface area contributed by atoms with Crippen LogP contribution in [0.2, 0.25) is 0 Å². The third kappa shape index (κ3) is 2.32. The molecule has 2 rings (SSSR count). The van der Waals surface area contributed by atoms with Crippen molar-refractivity contribution in [2.24, 2.45) is 7.05 Å². The van der Waals surface area contributed by atoms with Gasteiger partial charge in [-0.3, -0.25) is 4.57 Å². The second-order valence-corrected chi connectivity index (χ2v) is 4.29. The van der Waals surface area contributed by atoms with Gasteiger partial charge in [0.05, 0.1) is 0 Å². The van der Waals surface area contributed by atoms with Crippen molar-refractivity contribution in [3.8, 4) is 0 Å². The van der Waals surface area contributed by atoms with Crippen molar-refractivity contribution in [2.75, 3.05) is 5.32 Å². The third-order valence-electron chi connectivity index (χ3n) is 2.58.